The molecule has 2 heterocycles. The van der Waals surface area contributed by atoms with E-state index in [1.54, 1.807) is 26.0 Å². The van der Waals surface area contributed by atoms with Crippen molar-refractivity contribution < 1.29 is 9.59 Å². The van der Waals surface area contributed by atoms with E-state index in [-0.39, 0.29) is 17.9 Å². The Morgan fingerprint density at radius 2 is 1.68 bits per heavy atom. The summed E-state index contributed by atoms with van der Waals surface area (Å²) in [4.78, 5) is 39.7. The van der Waals surface area contributed by atoms with Gasteiger partial charge in [0.05, 0.1) is 11.7 Å². The van der Waals surface area contributed by atoms with E-state index in [0.29, 0.717) is 18.1 Å². The van der Waals surface area contributed by atoms with E-state index in [4.69, 9.17) is 4.98 Å². The van der Waals surface area contributed by atoms with Crippen LogP contribution in [0.15, 0.2) is 66.9 Å². The molecule has 1 N–H and O–H groups in total. The highest BCUT2D eigenvalue weighted by molar-refractivity contribution is 5.99. The largest absolute Gasteiger partial charge is 0.347 e. The third kappa shape index (κ3) is 4.78. The number of amides is 2. The molecule has 1 aromatic heterocycles. The lowest BCUT2D eigenvalue weighted by Gasteiger charge is -2.34. The molecule has 4 rings (SSSR count). The van der Waals surface area contributed by atoms with Crippen LogP contribution in [0, 0.1) is 0 Å². The average Bonchev–Trinajstić information content (AvgIpc) is 3.33. The SMILES string of the molecule is CN(C)c1ncc(-c2ccccc2)c([C@H]2CCCN2C(=O)C(C)(C)NC(=O)c2ccccc2)n1. The van der Waals surface area contributed by atoms with Crippen molar-refractivity contribution in [3.8, 4) is 11.1 Å². The molecule has 0 saturated carbocycles. The van der Waals surface area contributed by atoms with Gasteiger partial charge < -0.3 is 15.1 Å². The number of anilines is 1. The second kappa shape index (κ2) is 9.63. The van der Waals surface area contributed by atoms with Crippen molar-refractivity contribution in [2.75, 3.05) is 25.5 Å². The van der Waals surface area contributed by atoms with Crippen molar-refractivity contribution in [1.82, 2.24) is 20.2 Å². The monoisotopic (exact) mass is 457 g/mol. The molecule has 1 aliphatic heterocycles. The van der Waals surface area contributed by atoms with E-state index in [1.165, 1.54) is 0 Å². The first-order valence-electron chi connectivity index (χ1n) is 11.6. The highest BCUT2D eigenvalue weighted by Crippen LogP contribution is 2.38. The molecule has 2 aromatic carbocycles. The molecule has 2 amide bonds. The zero-order valence-corrected chi connectivity index (χ0v) is 20.2. The zero-order valence-electron chi connectivity index (χ0n) is 20.2. The van der Waals surface area contributed by atoms with E-state index < -0.39 is 5.54 Å². The number of carbonyl (C=O) groups excluding carboxylic acids is 2. The van der Waals surface area contributed by atoms with Crippen molar-refractivity contribution >= 4 is 17.8 Å². The smallest absolute Gasteiger partial charge is 0.252 e. The number of hydrogen-bond acceptors (Lipinski definition) is 5. The Balaban J connectivity index is 1.66. The van der Waals surface area contributed by atoms with Crippen molar-refractivity contribution in [3.05, 3.63) is 78.1 Å². The molecule has 1 fully saturated rings. The maximum Gasteiger partial charge on any atom is 0.252 e. The quantitative estimate of drug-likeness (QED) is 0.603. The molecule has 1 aliphatic rings. The number of hydrogen-bond donors (Lipinski definition) is 1. The minimum atomic E-state index is -1.07. The summed E-state index contributed by atoms with van der Waals surface area (Å²) < 4.78 is 0. The molecule has 34 heavy (non-hydrogen) atoms. The molecule has 7 heteroatoms. The van der Waals surface area contributed by atoms with Crippen LogP contribution in [0.3, 0.4) is 0 Å². The Morgan fingerprint density at radius 3 is 2.32 bits per heavy atom. The molecule has 3 aromatic rings. The summed E-state index contributed by atoms with van der Waals surface area (Å²) in [6, 6.07) is 18.8. The lowest BCUT2D eigenvalue weighted by atomic mass is 9.97. The predicted molar refractivity (Wildman–Crippen MR) is 133 cm³/mol. The summed E-state index contributed by atoms with van der Waals surface area (Å²) in [5, 5.41) is 2.93. The summed E-state index contributed by atoms with van der Waals surface area (Å²) >= 11 is 0. The second-order valence-corrected chi connectivity index (χ2v) is 9.33. The lowest BCUT2D eigenvalue weighted by Crippen LogP contribution is -2.55. The van der Waals surface area contributed by atoms with Crippen LogP contribution in [0.2, 0.25) is 0 Å². The van der Waals surface area contributed by atoms with Gasteiger partial charge in [-0.3, -0.25) is 9.59 Å². The van der Waals surface area contributed by atoms with Gasteiger partial charge in [0, 0.05) is 38.0 Å². The fourth-order valence-corrected chi connectivity index (χ4v) is 4.35. The summed E-state index contributed by atoms with van der Waals surface area (Å²) in [7, 11) is 3.81. The summed E-state index contributed by atoms with van der Waals surface area (Å²) in [5.74, 6) is 0.213. The average molecular weight is 458 g/mol. The van der Waals surface area contributed by atoms with Crippen LogP contribution in [0.5, 0.6) is 0 Å². The van der Waals surface area contributed by atoms with Crippen LogP contribution in [0.25, 0.3) is 11.1 Å². The molecule has 176 valence electrons. The van der Waals surface area contributed by atoms with Crippen LogP contribution in [0.4, 0.5) is 5.95 Å². The molecule has 0 bridgehead atoms. The number of carbonyl (C=O) groups is 2. The van der Waals surface area contributed by atoms with Gasteiger partial charge in [-0.2, -0.15) is 0 Å². The maximum absolute atomic E-state index is 13.7. The molecule has 1 saturated heterocycles. The van der Waals surface area contributed by atoms with Crippen LogP contribution >= 0.6 is 0 Å². The predicted octanol–water partition coefficient (Wildman–Crippen LogP) is 4.08. The minimum absolute atomic E-state index is 0.122. The topological polar surface area (TPSA) is 78.4 Å². The summed E-state index contributed by atoms with van der Waals surface area (Å²) in [5.41, 5.74) is 2.22. The van der Waals surface area contributed by atoms with Gasteiger partial charge >= 0.3 is 0 Å². The molecule has 0 aliphatic carbocycles. The zero-order chi connectivity index (χ0) is 24.3. The highest BCUT2D eigenvalue weighted by Gasteiger charge is 2.41. The number of aromatic nitrogens is 2. The van der Waals surface area contributed by atoms with Crippen LogP contribution < -0.4 is 10.2 Å². The van der Waals surface area contributed by atoms with Gasteiger partial charge in [-0.05, 0) is 44.4 Å². The van der Waals surface area contributed by atoms with E-state index in [9.17, 15) is 9.59 Å². The first-order chi connectivity index (χ1) is 16.3. The van der Waals surface area contributed by atoms with E-state index in [1.807, 2.05) is 78.6 Å². The van der Waals surface area contributed by atoms with E-state index in [2.05, 4.69) is 10.3 Å². The Hall–Kier alpha value is -3.74. The van der Waals surface area contributed by atoms with Gasteiger partial charge in [-0.25, -0.2) is 9.97 Å². The van der Waals surface area contributed by atoms with Crippen LogP contribution in [-0.4, -0.2) is 52.9 Å². The normalized spacial score (nSPS) is 15.8. The first-order valence-corrected chi connectivity index (χ1v) is 11.6. The molecule has 0 spiro atoms. The van der Waals surface area contributed by atoms with Gasteiger partial charge in [0.15, 0.2) is 0 Å². The van der Waals surface area contributed by atoms with Gasteiger partial charge in [0.2, 0.25) is 11.9 Å². The van der Waals surface area contributed by atoms with Gasteiger partial charge in [-0.15, -0.1) is 0 Å². The highest BCUT2D eigenvalue weighted by atomic mass is 16.2. The molecule has 0 radical (unpaired) electrons. The molecule has 0 unspecified atom stereocenters. The van der Waals surface area contributed by atoms with Crippen molar-refractivity contribution in [1.29, 1.82) is 0 Å². The number of nitrogens with zero attached hydrogens (tertiary/aromatic N) is 4. The Morgan fingerprint density at radius 1 is 1.03 bits per heavy atom. The number of nitrogens with one attached hydrogen (secondary N) is 1. The Bertz CT molecular complexity index is 1160. The van der Waals surface area contributed by atoms with Crippen molar-refractivity contribution in [3.63, 3.8) is 0 Å². The van der Waals surface area contributed by atoms with E-state index in [0.717, 1.165) is 29.7 Å². The molecular weight excluding hydrogens is 426 g/mol. The standard InChI is InChI=1S/C27H31N5O2/c1-27(2,30-24(33)20-14-9-6-10-15-20)25(34)32-17-11-16-22(32)23-21(19-12-7-5-8-13-19)18-28-26(29-23)31(3)4/h5-10,12-15,18,22H,11,16-17H2,1-4H3,(H,30,33)/t22-/m1/s1. The maximum atomic E-state index is 13.7. The van der Waals surface area contributed by atoms with Gasteiger partial charge in [0.25, 0.3) is 5.91 Å². The Kier molecular flexibility index (Phi) is 6.63. The van der Waals surface area contributed by atoms with Crippen LogP contribution in [0.1, 0.15) is 48.8 Å². The summed E-state index contributed by atoms with van der Waals surface area (Å²) in [6.45, 7) is 4.13. The first kappa shape index (κ1) is 23.4. The lowest BCUT2D eigenvalue weighted by molar-refractivity contribution is -0.137. The van der Waals surface area contributed by atoms with Gasteiger partial charge in [0.1, 0.15) is 5.54 Å². The minimum Gasteiger partial charge on any atom is -0.347 e. The number of benzene rings is 2. The second-order valence-electron chi connectivity index (χ2n) is 9.33. The Labute approximate surface area is 200 Å². The molecule has 1 atom stereocenters. The van der Waals surface area contributed by atoms with Gasteiger partial charge in [-0.1, -0.05) is 48.5 Å². The number of likely N-dealkylation sites (tertiary alicyclic amines) is 1. The third-order valence-electron chi connectivity index (χ3n) is 6.12. The van der Waals surface area contributed by atoms with Crippen molar-refractivity contribution in [2.24, 2.45) is 0 Å². The fraction of sp³-hybridized carbons (Fsp3) is 0.333. The number of rotatable bonds is 6. The van der Waals surface area contributed by atoms with Crippen molar-refractivity contribution in [2.45, 2.75) is 38.3 Å². The van der Waals surface area contributed by atoms with Crippen LogP contribution in [-0.2, 0) is 4.79 Å². The molecular formula is C27H31N5O2. The third-order valence-corrected chi connectivity index (χ3v) is 6.12. The van der Waals surface area contributed by atoms with E-state index >= 15 is 0 Å². The molecule has 7 nitrogen and oxygen atoms in total. The summed E-state index contributed by atoms with van der Waals surface area (Å²) in [6.07, 6.45) is 3.52. The fourth-order valence-electron chi connectivity index (χ4n) is 4.35.